The lowest BCUT2D eigenvalue weighted by molar-refractivity contribution is -0.122. The van der Waals surface area contributed by atoms with E-state index >= 15 is 0 Å². The second kappa shape index (κ2) is 8.28. The summed E-state index contributed by atoms with van der Waals surface area (Å²) < 4.78 is 22.0. The normalized spacial score (nSPS) is 12.4. The molecule has 3 rings (SSSR count). The lowest BCUT2D eigenvalue weighted by atomic mass is 10.2. The first kappa shape index (κ1) is 17.0. The smallest absolute Gasteiger partial charge is 0.226 e. The molecule has 1 amide bonds. The van der Waals surface area contributed by atoms with Crippen molar-refractivity contribution in [3.63, 3.8) is 0 Å². The van der Waals surface area contributed by atoms with Crippen molar-refractivity contribution in [3.8, 4) is 23.0 Å². The van der Waals surface area contributed by atoms with Crippen LogP contribution in [0.4, 0.5) is 0 Å². The Morgan fingerprint density at radius 3 is 2.52 bits per heavy atom. The summed E-state index contributed by atoms with van der Waals surface area (Å²) in [5.74, 6) is 2.59. The van der Waals surface area contributed by atoms with Crippen molar-refractivity contribution in [1.82, 2.24) is 5.32 Å². The number of carbonyl (C=O) groups excluding carboxylic acids is 1. The van der Waals surface area contributed by atoms with E-state index in [0.717, 1.165) is 5.75 Å². The average Bonchev–Trinajstić information content (AvgIpc) is 2.63. The third-order valence-corrected chi connectivity index (χ3v) is 3.64. The lowest BCUT2D eigenvalue weighted by Gasteiger charge is -2.19. The van der Waals surface area contributed by atoms with Crippen LogP contribution in [0.25, 0.3) is 0 Å². The SMILES string of the molecule is Cc1ccc(OCCC(=O)NCOc2ccc3c(c2)OCCO3)cc1. The summed E-state index contributed by atoms with van der Waals surface area (Å²) >= 11 is 0. The number of amides is 1. The van der Waals surface area contributed by atoms with Crippen LogP contribution in [0.15, 0.2) is 42.5 Å². The lowest BCUT2D eigenvalue weighted by Crippen LogP contribution is -2.28. The van der Waals surface area contributed by atoms with E-state index in [9.17, 15) is 4.79 Å². The van der Waals surface area contributed by atoms with Crippen LogP contribution in [-0.2, 0) is 4.79 Å². The molecule has 0 saturated carbocycles. The molecular formula is C19H21NO5. The third kappa shape index (κ3) is 5.04. The number of rotatable bonds is 7. The van der Waals surface area contributed by atoms with Gasteiger partial charge in [-0.05, 0) is 31.2 Å². The maximum Gasteiger partial charge on any atom is 0.226 e. The van der Waals surface area contributed by atoms with E-state index in [1.165, 1.54) is 5.56 Å². The number of fused-ring (bicyclic) bond motifs is 1. The maximum absolute atomic E-state index is 11.8. The highest BCUT2D eigenvalue weighted by molar-refractivity contribution is 5.75. The van der Waals surface area contributed by atoms with E-state index in [2.05, 4.69) is 5.32 Å². The minimum absolute atomic E-state index is 0.0863. The van der Waals surface area contributed by atoms with Gasteiger partial charge in [-0.3, -0.25) is 4.79 Å². The van der Waals surface area contributed by atoms with Crippen molar-refractivity contribution in [2.24, 2.45) is 0 Å². The summed E-state index contributed by atoms with van der Waals surface area (Å²) in [4.78, 5) is 11.8. The van der Waals surface area contributed by atoms with Gasteiger partial charge in [0.2, 0.25) is 5.91 Å². The zero-order valence-electron chi connectivity index (χ0n) is 14.1. The van der Waals surface area contributed by atoms with Crippen LogP contribution in [0.3, 0.4) is 0 Å². The molecule has 0 fully saturated rings. The van der Waals surface area contributed by atoms with Gasteiger partial charge in [0.25, 0.3) is 0 Å². The summed E-state index contributed by atoms with van der Waals surface area (Å²) in [7, 11) is 0. The van der Waals surface area contributed by atoms with Crippen molar-refractivity contribution in [2.75, 3.05) is 26.6 Å². The quantitative estimate of drug-likeness (QED) is 0.783. The number of nitrogens with one attached hydrogen (secondary N) is 1. The molecule has 132 valence electrons. The van der Waals surface area contributed by atoms with Crippen molar-refractivity contribution in [3.05, 3.63) is 48.0 Å². The summed E-state index contributed by atoms with van der Waals surface area (Å²) in [6.07, 6.45) is 0.262. The number of hydrogen-bond donors (Lipinski definition) is 1. The zero-order chi connectivity index (χ0) is 17.5. The summed E-state index contributed by atoms with van der Waals surface area (Å²) in [6, 6.07) is 13.0. The maximum atomic E-state index is 11.8. The first-order valence-corrected chi connectivity index (χ1v) is 8.19. The van der Waals surface area contributed by atoms with Gasteiger partial charge in [0, 0.05) is 6.07 Å². The molecule has 0 aliphatic carbocycles. The molecule has 0 saturated heterocycles. The molecule has 0 radical (unpaired) electrons. The van der Waals surface area contributed by atoms with Crippen molar-refractivity contribution in [2.45, 2.75) is 13.3 Å². The predicted molar refractivity (Wildman–Crippen MR) is 92.4 cm³/mol. The van der Waals surface area contributed by atoms with E-state index in [1.54, 1.807) is 18.2 Å². The van der Waals surface area contributed by atoms with E-state index in [0.29, 0.717) is 37.1 Å². The molecule has 2 aromatic carbocycles. The predicted octanol–water partition coefficient (Wildman–Crippen LogP) is 2.69. The van der Waals surface area contributed by atoms with Crippen molar-refractivity contribution < 1.29 is 23.7 Å². The summed E-state index contributed by atoms with van der Waals surface area (Å²) in [6.45, 7) is 3.49. The molecule has 0 spiro atoms. The van der Waals surface area contributed by atoms with Gasteiger partial charge in [-0.2, -0.15) is 0 Å². The first-order valence-electron chi connectivity index (χ1n) is 8.19. The Labute approximate surface area is 146 Å². The third-order valence-electron chi connectivity index (χ3n) is 3.64. The number of hydrogen-bond acceptors (Lipinski definition) is 5. The minimum Gasteiger partial charge on any atom is -0.493 e. The molecular weight excluding hydrogens is 322 g/mol. The average molecular weight is 343 g/mol. The number of ether oxygens (including phenoxy) is 4. The molecule has 6 nitrogen and oxygen atoms in total. The topological polar surface area (TPSA) is 66.0 Å². The van der Waals surface area contributed by atoms with Gasteiger partial charge in [-0.25, -0.2) is 0 Å². The molecule has 25 heavy (non-hydrogen) atoms. The van der Waals surface area contributed by atoms with Gasteiger partial charge < -0.3 is 24.3 Å². The van der Waals surface area contributed by atoms with Crippen molar-refractivity contribution >= 4 is 5.91 Å². The second-order valence-electron chi connectivity index (χ2n) is 5.61. The fraction of sp³-hybridized carbons (Fsp3) is 0.316. The van der Waals surface area contributed by atoms with Gasteiger partial charge in [-0.15, -0.1) is 0 Å². The molecule has 0 atom stereocenters. The molecule has 1 heterocycles. The molecule has 0 unspecified atom stereocenters. The molecule has 0 aromatic heterocycles. The highest BCUT2D eigenvalue weighted by atomic mass is 16.6. The zero-order valence-corrected chi connectivity index (χ0v) is 14.1. The standard InChI is InChI=1S/C19H21NO5/c1-14-2-4-15(5-3-14)22-9-8-19(21)20-13-25-16-6-7-17-18(12-16)24-11-10-23-17/h2-7,12H,8-11,13H2,1H3,(H,20,21). The van der Waals surface area contributed by atoms with Crippen LogP contribution in [-0.4, -0.2) is 32.5 Å². The fourth-order valence-corrected chi connectivity index (χ4v) is 2.30. The summed E-state index contributed by atoms with van der Waals surface area (Å²) in [5.41, 5.74) is 1.17. The Balaban J connectivity index is 1.35. The van der Waals surface area contributed by atoms with E-state index < -0.39 is 0 Å². The van der Waals surface area contributed by atoms with Gasteiger partial charge in [0.05, 0.1) is 13.0 Å². The molecule has 1 aliphatic heterocycles. The Bertz CT molecular complexity index is 714. The Hall–Kier alpha value is -2.89. The molecule has 1 N–H and O–H groups in total. The molecule has 2 aromatic rings. The Morgan fingerprint density at radius 1 is 1.00 bits per heavy atom. The molecule has 0 bridgehead atoms. The number of carbonyl (C=O) groups is 1. The van der Waals surface area contributed by atoms with Gasteiger partial charge in [-0.1, -0.05) is 17.7 Å². The second-order valence-corrected chi connectivity index (χ2v) is 5.61. The summed E-state index contributed by atoms with van der Waals surface area (Å²) in [5, 5.41) is 2.69. The van der Waals surface area contributed by atoms with Crippen LogP contribution < -0.4 is 24.3 Å². The fourth-order valence-electron chi connectivity index (χ4n) is 2.30. The Morgan fingerprint density at radius 2 is 1.72 bits per heavy atom. The van der Waals surface area contributed by atoms with Crippen LogP contribution in [0.5, 0.6) is 23.0 Å². The van der Waals surface area contributed by atoms with Gasteiger partial charge in [0.1, 0.15) is 24.7 Å². The van der Waals surface area contributed by atoms with E-state index in [1.807, 2.05) is 31.2 Å². The molecule has 6 heteroatoms. The highest BCUT2D eigenvalue weighted by Gasteiger charge is 2.12. The van der Waals surface area contributed by atoms with E-state index in [-0.39, 0.29) is 19.1 Å². The van der Waals surface area contributed by atoms with Crippen LogP contribution >= 0.6 is 0 Å². The monoisotopic (exact) mass is 343 g/mol. The van der Waals surface area contributed by atoms with Gasteiger partial charge in [0.15, 0.2) is 18.2 Å². The van der Waals surface area contributed by atoms with Crippen LogP contribution in [0, 0.1) is 6.92 Å². The van der Waals surface area contributed by atoms with E-state index in [4.69, 9.17) is 18.9 Å². The minimum atomic E-state index is -0.135. The Kier molecular flexibility index (Phi) is 5.61. The number of aryl methyl sites for hydroxylation is 1. The van der Waals surface area contributed by atoms with Crippen LogP contribution in [0.1, 0.15) is 12.0 Å². The largest absolute Gasteiger partial charge is 0.493 e. The van der Waals surface area contributed by atoms with Crippen molar-refractivity contribution in [1.29, 1.82) is 0 Å². The molecule has 1 aliphatic rings. The first-order chi connectivity index (χ1) is 12.2. The highest BCUT2D eigenvalue weighted by Crippen LogP contribution is 2.33. The number of benzene rings is 2. The van der Waals surface area contributed by atoms with Crippen LogP contribution in [0.2, 0.25) is 0 Å². The van der Waals surface area contributed by atoms with Gasteiger partial charge >= 0.3 is 0 Å².